The lowest BCUT2D eigenvalue weighted by atomic mass is 10.1. The van der Waals surface area contributed by atoms with Crippen molar-refractivity contribution < 1.29 is 4.79 Å². The van der Waals surface area contributed by atoms with E-state index in [-0.39, 0.29) is 5.91 Å². The summed E-state index contributed by atoms with van der Waals surface area (Å²) in [5, 5.41) is 1.90. The number of nitrogens with zero attached hydrogens (tertiary/aromatic N) is 1. The number of rotatable bonds is 3. The molecule has 3 nitrogen and oxygen atoms in total. The number of nitrogen functional groups attached to an aromatic ring is 1. The number of thiophene rings is 1. The molecule has 0 saturated carbocycles. The highest BCUT2D eigenvalue weighted by Gasteiger charge is 2.13. The van der Waals surface area contributed by atoms with E-state index in [4.69, 9.17) is 5.73 Å². The molecule has 0 aliphatic rings. The van der Waals surface area contributed by atoms with E-state index in [0.29, 0.717) is 6.54 Å². The van der Waals surface area contributed by atoms with Crippen LogP contribution in [0.4, 0.5) is 5.69 Å². The van der Waals surface area contributed by atoms with Crippen LogP contribution in [0, 0.1) is 0 Å². The lowest BCUT2D eigenvalue weighted by Gasteiger charge is -2.17. The normalized spacial score (nSPS) is 10.2. The highest BCUT2D eigenvalue weighted by molar-refractivity contribution is 7.12. The van der Waals surface area contributed by atoms with Gasteiger partial charge in [-0.3, -0.25) is 4.79 Å². The van der Waals surface area contributed by atoms with Crippen LogP contribution in [0.2, 0.25) is 0 Å². The first-order chi connectivity index (χ1) is 8.18. The van der Waals surface area contributed by atoms with Crippen LogP contribution in [-0.2, 0) is 6.54 Å². The molecule has 0 unspecified atom stereocenters. The number of carbonyl (C=O) groups excluding carboxylic acids is 1. The highest BCUT2D eigenvalue weighted by atomic mass is 32.1. The maximum atomic E-state index is 12.0. The van der Waals surface area contributed by atoms with Gasteiger partial charge < -0.3 is 10.6 Å². The second-order valence-electron chi connectivity index (χ2n) is 3.84. The summed E-state index contributed by atoms with van der Waals surface area (Å²) in [6.07, 6.45) is 0. The molecular formula is C13H14N2OS. The number of benzene rings is 1. The summed E-state index contributed by atoms with van der Waals surface area (Å²) in [5.74, 6) is 0.0308. The third-order valence-electron chi connectivity index (χ3n) is 2.54. The van der Waals surface area contributed by atoms with Gasteiger partial charge in [0.15, 0.2) is 0 Å². The molecule has 1 aromatic heterocycles. The topological polar surface area (TPSA) is 46.3 Å². The molecule has 0 saturated heterocycles. The minimum Gasteiger partial charge on any atom is -0.398 e. The molecular weight excluding hydrogens is 232 g/mol. The Hall–Kier alpha value is -1.81. The average Bonchev–Trinajstić information content (AvgIpc) is 2.84. The maximum absolute atomic E-state index is 12.0. The predicted octanol–water partition coefficient (Wildman–Crippen LogP) is 2.60. The molecule has 1 amide bonds. The van der Waals surface area contributed by atoms with Crippen molar-refractivity contribution in [3.05, 3.63) is 52.2 Å². The minimum absolute atomic E-state index is 0.0308. The van der Waals surface area contributed by atoms with Gasteiger partial charge >= 0.3 is 0 Å². The van der Waals surface area contributed by atoms with Crippen molar-refractivity contribution in [2.24, 2.45) is 0 Å². The van der Waals surface area contributed by atoms with Crippen molar-refractivity contribution in [1.29, 1.82) is 0 Å². The third-order valence-corrected chi connectivity index (χ3v) is 3.40. The fraction of sp³-hybridized carbons (Fsp3) is 0.154. The Morgan fingerprint density at radius 2 is 2.06 bits per heavy atom. The summed E-state index contributed by atoms with van der Waals surface area (Å²) in [7, 11) is 1.79. The third kappa shape index (κ3) is 2.65. The highest BCUT2D eigenvalue weighted by Crippen LogP contribution is 2.16. The maximum Gasteiger partial charge on any atom is 0.263 e. The molecule has 0 radical (unpaired) electrons. The van der Waals surface area contributed by atoms with Crippen molar-refractivity contribution in [3.63, 3.8) is 0 Å². The molecule has 88 valence electrons. The number of amides is 1. The molecule has 0 aliphatic carbocycles. The van der Waals surface area contributed by atoms with Crippen molar-refractivity contribution >= 4 is 22.9 Å². The van der Waals surface area contributed by atoms with Crippen LogP contribution in [0.5, 0.6) is 0 Å². The number of para-hydroxylation sites is 1. The van der Waals surface area contributed by atoms with Crippen molar-refractivity contribution in [1.82, 2.24) is 4.90 Å². The molecule has 17 heavy (non-hydrogen) atoms. The minimum atomic E-state index is 0.0308. The molecule has 0 spiro atoms. The van der Waals surface area contributed by atoms with Gasteiger partial charge in [0.25, 0.3) is 5.91 Å². The van der Waals surface area contributed by atoms with Gasteiger partial charge in [-0.2, -0.15) is 0 Å². The number of anilines is 1. The summed E-state index contributed by atoms with van der Waals surface area (Å²) in [6, 6.07) is 11.3. The standard InChI is InChI=1S/C13H14N2OS/c1-15(13(16)12-7-4-8-17-12)9-10-5-2-3-6-11(10)14/h2-8H,9,14H2,1H3. The molecule has 2 N–H and O–H groups in total. The summed E-state index contributed by atoms with van der Waals surface area (Å²) in [4.78, 5) is 14.4. The first-order valence-electron chi connectivity index (χ1n) is 5.31. The van der Waals surface area contributed by atoms with Gasteiger partial charge in [0.2, 0.25) is 0 Å². The first-order valence-corrected chi connectivity index (χ1v) is 6.19. The second-order valence-corrected chi connectivity index (χ2v) is 4.79. The molecule has 1 aromatic carbocycles. The fourth-order valence-electron chi connectivity index (χ4n) is 1.59. The fourth-order valence-corrected chi connectivity index (χ4v) is 2.31. The van der Waals surface area contributed by atoms with Crippen molar-refractivity contribution in [2.75, 3.05) is 12.8 Å². The van der Waals surface area contributed by atoms with Gasteiger partial charge in [-0.15, -0.1) is 11.3 Å². The summed E-state index contributed by atoms with van der Waals surface area (Å²) >= 11 is 1.45. The van der Waals surface area contributed by atoms with Crippen LogP contribution in [0.15, 0.2) is 41.8 Å². The van der Waals surface area contributed by atoms with Gasteiger partial charge in [-0.1, -0.05) is 24.3 Å². The quantitative estimate of drug-likeness (QED) is 0.846. The lowest BCUT2D eigenvalue weighted by molar-refractivity contribution is 0.0790. The predicted molar refractivity (Wildman–Crippen MR) is 71.0 cm³/mol. The summed E-state index contributed by atoms with van der Waals surface area (Å²) in [6.45, 7) is 0.531. The Labute approximate surface area is 104 Å². The molecule has 0 aliphatic heterocycles. The zero-order valence-corrected chi connectivity index (χ0v) is 10.4. The zero-order chi connectivity index (χ0) is 12.3. The Balaban J connectivity index is 2.10. The van der Waals surface area contributed by atoms with Gasteiger partial charge in [0, 0.05) is 19.3 Å². The molecule has 2 aromatic rings. The smallest absolute Gasteiger partial charge is 0.263 e. The Bertz CT molecular complexity index is 508. The number of nitrogens with two attached hydrogens (primary N) is 1. The molecule has 0 atom stereocenters. The van der Waals surface area contributed by atoms with Crippen LogP contribution in [-0.4, -0.2) is 17.9 Å². The van der Waals surface area contributed by atoms with Gasteiger partial charge in [0.05, 0.1) is 4.88 Å². The monoisotopic (exact) mass is 246 g/mol. The van der Waals surface area contributed by atoms with Gasteiger partial charge in [-0.25, -0.2) is 0 Å². The van der Waals surface area contributed by atoms with Gasteiger partial charge in [0.1, 0.15) is 0 Å². The van der Waals surface area contributed by atoms with E-state index in [1.807, 2.05) is 41.8 Å². The van der Waals surface area contributed by atoms with Crippen LogP contribution in [0.25, 0.3) is 0 Å². The van der Waals surface area contributed by atoms with E-state index >= 15 is 0 Å². The van der Waals surface area contributed by atoms with Crippen LogP contribution >= 0.6 is 11.3 Å². The molecule has 1 heterocycles. The summed E-state index contributed by atoms with van der Waals surface area (Å²) < 4.78 is 0. The van der Waals surface area contributed by atoms with Gasteiger partial charge in [-0.05, 0) is 23.1 Å². The Morgan fingerprint density at radius 1 is 1.29 bits per heavy atom. The number of carbonyl (C=O) groups is 1. The molecule has 0 fully saturated rings. The van der Waals surface area contributed by atoms with Crippen molar-refractivity contribution in [3.8, 4) is 0 Å². The SMILES string of the molecule is CN(Cc1ccccc1N)C(=O)c1cccs1. The molecule has 4 heteroatoms. The van der Waals surface area contributed by atoms with Crippen LogP contribution in [0.1, 0.15) is 15.2 Å². The number of hydrogen-bond donors (Lipinski definition) is 1. The lowest BCUT2D eigenvalue weighted by Crippen LogP contribution is -2.25. The Kier molecular flexibility index (Phi) is 3.44. The van der Waals surface area contributed by atoms with Crippen LogP contribution in [0.3, 0.4) is 0 Å². The number of hydrogen-bond acceptors (Lipinski definition) is 3. The van der Waals surface area contributed by atoms with E-state index in [2.05, 4.69) is 0 Å². The largest absolute Gasteiger partial charge is 0.398 e. The second kappa shape index (κ2) is 5.01. The van der Waals surface area contributed by atoms with Crippen LogP contribution < -0.4 is 5.73 Å². The van der Waals surface area contributed by atoms with E-state index in [9.17, 15) is 4.79 Å². The van der Waals surface area contributed by atoms with E-state index in [0.717, 1.165) is 16.1 Å². The van der Waals surface area contributed by atoms with E-state index < -0.39 is 0 Å². The average molecular weight is 246 g/mol. The van der Waals surface area contributed by atoms with E-state index in [1.54, 1.807) is 11.9 Å². The Morgan fingerprint density at radius 3 is 2.71 bits per heavy atom. The van der Waals surface area contributed by atoms with E-state index in [1.165, 1.54) is 11.3 Å². The van der Waals surface area contributed by atoms with Crippen molar-refractivity contribution in [2.45, 2.75) is 6.54 Å². The molecule has 2 rings (SSSR count). The molecule has 0 bridgehead atoms. The first kappa shape index (κ1) is 11.7. The summed E-state index contributed by atoms with van der Waals surface area (Å²) in [5.41, 5.74) is 7.55. The zero-order valence-electron chi connectivity index (χ0n) is 9.59.